The summed E-state index contributed by atoms with van der Waals surface area (Å²) in [5.41, 5.74) is -2.10. The summed E-state index contributed by atoms with van der Waals surface area (Å²) in [5.74, 6) is -1.21. The van der Waals surface area contributed by atoms with Crippen LogP contribution in [0.5, 0.6) is 0 Å². The Kier molecular flexibility index (Phi) is 6.29. The summed E-state index contributed by atoms with van der Waals surface area (Å²) in [6.07, 6.45) is -8.70. The molecule has 0 aliphatic carbocycles. The maximum atomic E-state index is 13.3. The lowest BCUT2D eigenvalue weighted by molar-refractivity contribution is -0.138. The van der Waals surface area contributed by atoms with Crippen molar-refractivity contribution in [1.82, 2.24) is 4.98 Å². The van der Waals surface area contributed by atoms with Crippen molar-refractivity contribution in [2.24, 2.45) is 5.92 Å². The zero-order chi connectivity index (χ0) is 24.8. The number of aromatic nitrogens is 1. The van der Waals surface area contributed by atoms with Gasteiger partial charge in [-0.3, -0.25) is 9.69 Å². The van der Waals surface area contributed by atoms with E-state index in [9.17, 15) is 39.6 Å². The fourth-order valence-corrected chi connectivity index (χ4v) is 5.49. The number of halogens is 6. The Balaban J connectivity index is 1.91. The summed E-state index contributed by atoms with van der Waals surface area (Å²) in [6, 6.07) is 5.22. The van der Waals surface area contributed by atoms with Crippen molar-refractivity contribution in [2.75, 3.05) is 11.4 Å². The van der Waals surface area contributed by atoms with E-state index < -0.39 is 54.8 Å². The molecular formula is C21H20F6N2O3S. The summed E-state index contributed by atoms with van der Waals surface area (Å²) in [6.45, 7) is 2.56. The van der Waals surface area contributed by atoms with Crippen molar-refractivity contribution in [3.8, 4) is 0 Å². The number of anilines is 1. The van der Waals surface area contributed by atoms with Crippen LogP contribution in [-0.4, -0.2) is 30.6 Å². The quantitative estimate of drug-likeness (QED) is 0.554. The number of hydrogen-bond donors (Lipinski definition) is 0. The summed E-state index contributed by atoms with van der Waals surface area (Å²) in [5, 5.41) is 0. The van der Waals surface area contributed by atoms with Crippen LogP contribution in [0.4, 0.5) is 32.2 Å². The number of pyridine rings is 1. The zero-order valence-electron chi connectivity index (χ0n) is 17.5. The number of carbonyl (C=O) groups is 1. The van der Waals surface area contributed by atoms with Gasteiger partial charge >= 0.3 is 12.4 Å². The third-order valence-electron chi connectivity index (χ3n) is 5.91. The minimum Gasteiger partial charge on any atom is -0.297 e. The van der Waals surface area contributed by atoms with Crippen LogP contribution in [0.1, 0.15) is 37.8 Å². The Morgan fingerprint density at radius 3 is 2.15 bits per heavy atom. The summed E-state index contributed by atoms with van der Waals surface area (Å²) in [4.78, 5) is 16.7. The van der Waals surface area contributed by atoms with Crippen LogP contribution in [-0.2, 0) is 27.0 Å². The van der Waals surface area contributed by atoms with Crippen molar-refractivity contribution >= 4 is 21.6 Å². The normalized spacial score (nSPS) is 18.5. The van der Waals surface area contributed by atoms with Crippen molar-refractivity contribution in [2.45, 2.75) is 48.7 Å². The molecule has 1 amide bonds. The van der Waals surface area contributed by atoms with Gasteiger partial charge in [0.05, 0.1) is 20.8 Å². The fourth-order valence-electron chi connectivity index (χ4n) is 3.71. The van der Waals surface area contributed by atoms with E-state index in [2.05, 4.69) is 4.98 Å². The van der Waals surface area contributed by atoms with Gasteiger partial charge in [-0.15, -0.1) is 0 Å². The van der Waals surface area contributed by atoms with Crippen LogP contribution in [0, 0.1) is 5.92 Å². The summed E-state index contributed by atoms with van der Waals surface area (Å²) >= 11 is 0. The van der Waals surface area contributed by atoms with Crippen LogP contribution < -0.4 is 4.90 Å². The van der Waals surface area contributed by atoms with Gasteiger partial charge in [0.25, 0.3) is 0 Å². The van der Waals surface area contributed by atoms with Gasteiger partial charge in [0.1, 0.15) is 5.82 Å². The molecule has 1 saturated heterocycles. The topological polar surface area (TPSA) is 67.3 Å². The molecule has 2 aromatic rings. The SMILES string of the molecule is CC(C)([C@H]1CCC(=O)N(c2ccc(C(F)(F)F)cn2)C1)S(=O)(=O)c1cccc(C(F)(F)F)c1. The molecule has 0 saturated carbocycles. The molecule has 1 aliphatic heterocycles. The first-order valence-electron chi connectivity index (χ1n) is 9.80. The Labute approximate surface area is 186 Å². The molecule has 1 aliphatic rings. The Hall–Kier alpha value is -2.63. The minimum absolute atomic E-state index is 0.0648. The van der Waals surface area contributed by atoms with Crippen LogP contribution in [0.2, 0.25) is 0 Å². The molecule has 3 rings (SSSR count). The number of nitrogens with zero attached hydrogens (tertiary/aromatic N) is 2. The molecule has 2 heterocycles. The van der Waals surface area contributed by atoms with E-state index in [1.807, 2.05) is 0 Å². The van der Waals surface area contributed by atoms with E-state index in [1.54, 1.807) is 0 Å². The van der Waals surface area contributed by atoms with E-state index >= 15 is 0 Å². The average Bonchev–Trinajstić information content (AvgIpc) is 2.73. The maximum absolute atomic E-state index is 13.3. The highest BCUT2D eigenvalue weighted by Gasteiger charge is 2.46. The largest absolute Gasteiger partial charge is 0.417 e. The van der Waals surface area contributed by atoms with Gasteiger partial charge in [0.2, 0.25) is 5.91 Å². The second kappa shape index (κ2) is 8.30. The molecule has 12 heteroatoms. The average molecular weight is 494 g/mol. The van der Waals surface area contributed by atoms with E-state index in [-0.39, 0.29) is 25.2 Å². The van der Waals surface area contributed by atoms with Gasteiger partial charge in [0, 0.05) is 19.2 Å². The standard InChI is InChI=1S/C21H20F6N2O3S/c1-19(2,33(31,32)16-5-3-4-13(10-16)20(22,23)24)15-7-9-18(30)29(12-15)17-8-6-14(11-28-17)21(25,26)27/h3-6,8,10-11,15H,7,9,12H2,1-2H3/t15-/m0/s1. The molecule has 1 aromatic heterocycles. The number of hydrogen-bond acceptors (Lipinski definition) is 4. The number of alkyl halides is 6. The van der Waals surface area contributed by atoms with Gasteiger partial charge in [0.15, 0.2) is 9.84 Å². The number of carbonyl (C=O) groups excluding carboxylic acids is 1. The smallest absolute Gasteiger partial charge is 0.297 e. The number of rotatable bonds is 4. The number of benzene rings is 1. The van der Waals surface area contributed by atoms with Crippen molar-refractivity contribution in [3.63, 3.8) is 0 Å². The van der Waals surface area contributed by atoms with Crippen molar-refractivity contribution in [3.05, 3.63) is 53.7 Å². The lowest BCUT2D eigenvalue weighted by Crippen LogP contribution is -2.51. The van der Waals surface area contributed by atoms with Crippen LogP contribution in [0.3, 0.4) is 0 Å². The van der Waals surface area contributed by atoms with Gasteiger partial charge in [-0.05, 0) is 56.5 Å². The number of sulfone groups is 1. The number of amides is 1. The molecular weight excluding hydrogens is 474 g/mol. The zero-order valence-corrected chi connectivity index (χ0v) is 18.4. The fraction of sp³-hybridized carbons (Fsp3) is 0.429. The molecule has 1 fully saturated rings. The van der Waals surface area contributed by atoms with Crippen molar-refractivity contribution < 1.29 is 39.6 Å². The Bertz CT molecular complexity index is 1140. The van der Waals surface area contributed by atoms with E-state index in [0.29, 0.717) is 12.3 Å². The molecule has 0 spiro atoms. The van der Waals surface area contributed by atoms with E-state index in [1.165, 1.54) is 13.8 Å². The lowest BCUT2D eigenvalue weighted by atomic mass is 9.86. The lowest BCUT2D eigenvalue weighted by Gasteiger charge is -2.40. The molecule has 0 N–H and O–H groups in total. The second-order valence-electron chi connectivity index (χ2n) is 8.28. The predicted octanol–water partition coefficient (Wildman–Crippen LogP) is 5.11. The highest BCUT2D eigenvalue weighted by molar-refractivity contribution is 7.92. The van der Waals surface area contributed by atoms with E-state index in [4.69, 9.17) is 0 Å². The molecule has 1 aromatic carbocycles. The molecule has 33 heavy (non-hydrogen) atoms. The Morgan fingerprint density at radius 1 is 0.970 bits per heavy atom. The molecule has 5 nitrogen and oxygen atoms in total. The first kappa shape index (κ1) is 25.0. The first-order chi connectivity index (χ1) is 15.0. The third kappa shape index (κ3) is 4.85. The summed E-state index contributed by atoms with van der Waals surface area (Å²) in [7, 11) is -4.28. The molecule has 0 radical (unpaired) electrons. The van der Waals surface area contributed by atoms with Crippen LogP contribution in [0.15, 0.2) is 47.5 Å². The van der Waals surface area contributed by atoms with Gasteiger partial charge in [-0.1, -0.05) is 6.07 Å². The molecule has 0 bridgehead atoms. The van der Waals surface area contributed by atoms with Crippen molar-refractivity contribution in [1.29, 1.82) is 0 Å². The first-order valence-corrected chi connectivity index (χ1v) is 11.3. The van der Waals surface area contributed by atoms with Gasteiger partial charge in [-0.2, -0.15) is 26.3 Å². The highest BCUT2D eigenvalue weighted by atomic mass is 32.2. The highest BCUT2D eigenvalue weighted by Crippen LogP contribution is 2.40. The van der Waals surface area contributed by atoms with E-state index in [0.717, 1.165) is 35.2 Å². The third-order valence-corrected chi connectivity index (χ3v) is 8.50. The van der Waals surface area contributed by atoms with Gasteiger partial charge in [-0.25, -0.2) is 13.4 Å². The second-order valence-corrected chi connectivity index (χ2v) is 10.8. The predicted molar refractivity (Wildman–Crippen MR) is 107 cm³/mol. The minimum atomic E-state index is -4.72. The maximum Gasteiger partial charge on any atom is 0.417 e. The summed E-state index contributed by atoms with van der Waals surface area (Å²) < 4.78 is 103. The molecule has 0 unspecified atom stereocenters. The monoisotopic (exact) mass is 494 g/mol. The Morgan fingerprint density at radius 2 is 1.61 bits per heavy atom. The van der Waals surface area contributed by atoms with Crippen LogP contribution in [0.25, 0.3) is 0 Å². The van der Waals surface area contributed by atoms with Gasteiger partial charge < -0.3 is 0 Å². The van der Waals surface area contributed by atoms with Crippen LogP contribution >= 0.6 is 0 Å². The molecule has 1 atom stereocenters. The number of piperidine rings is 1. The molecule has 180 valence electrons.